The Hall–Kier alpha value is 0.349. The molecule has 0 bridgehead atoms. The summed E-state index contributed by atoms with van der Waals surface area (Å²) in [6.07, 6.45) is 2.13. The molecule has 0 atom stereocenters. The molecule has 0 saturated heterocycles. The molecule has 1 aromatic heterocycles. The molecule has 0 unspecified atom stereocenters. The molecule has 38 valence electrons. The Kier molecular flexibility index (Phi) is 2.04. The number of hydrogen-bond donors (Lipinski definition) is 0. The van der Waals surface area contributed by atoms with E-state index in [1.807, 2.05) is 11.8 Å². The van der Waals surface area contributed by atoms with Crippen molar-refractivity contribution in [2.75, 3.05) is 6.26 Å². The van der Waals surface area contributed by atoms with Gasteiger partial charge in [0.2, 0.25) is 0 Å². The first kappa shape index (κ1) is 5.49. The monoisotopic (exact) mass is 178 g/mol. The van der Waals surface area contributed by atoms with Crippen LogP contribution in [0.1, 0.15) is 0 Å². The van der Waals surface area contributed by atoms with Crippen molar-refractivity contribution in [2.45, 2.75) is 3.77 Å². The quantitative estimate of drug-likeness (QED) is 0.462. The van der Waals surface area contributed by atoms with Crippen LogP contribution in [-0.4, -0.2) is 20.8 Å². The predicted molar refractivity (Wildman–Crippen MR) is 35.2 cm³/mol. The van der Waals surface area contributed by atoms with Gasteiger partial charge in [-0.25, -0.2) is 0 Å². The third-order valence-electron chi connectivity index (χ3n) is 0.696. The van der Waals surface area contributed by atoms with Crippen molar-refractivity contribution in [1.82, 2.24) is 0 Å². The second-order valence-corrected chi connectivity index (χ2v) is 4.56. The standard InChI is InChI=1S/C5H6SSe/c1-6-5-3-2-4-7-5/h2-4H,1H3. The first-order valence-corrected chi connectivity index (χ1v) is 5.08. The van der Waals surface area contributed by atoms with Crippen molar-refractivity contribution in [1.29, 1.82) is 0 Å². The van der Waals surface area contributed by atoms with E-state index in [9.17, 15) is 0 Å². The zero-order valence-corrected chi connectivity index (χ0v) is 6.58. The van der Waals surface area contributed by atoms with Crippen molar-refractivity contribution in [2.24, 2.45) is 0 Å². The second kappa shape index (κ2) is 2.61. The maximum absolute atomic E-state index is 2.23. The average molecular weight is 177 g/mol. The van der Waals surface area contributed by atoms with Crippen molar-refractivity contribution in [3.05, 3.63) is 17.1 Å². The molecular weight excluding hydrogens is 171 g/mol. The van der Waals surface area contributed by atoms with E-state index in [0.717, 1.165) is 0 Å². The van der Waals surface area contributed by atoms with Gasteiger partial charge in [0.05, 0.1) is 0 Å². The molecular formula is C5H6SSe. The van der Waals surface area contributed by atoms with Crippen molar-refractivity contribution in [3.8, 4) is 0 Å². The number of thioether (sulfide) groups is 1. The van der Waals surface area contributed by atoms with Gasteiger partial charge in [-0.2, -0.15) is 0 Å². The third kappa shape index (κ3) is 1.37. The summed E-state index contributed by atoms with van der Waals surface area (Å²) in [5, 5.41) is 0. The van der Waals surface area contributed by atoms with Gasteiger partial charge in [0.1, 0.15) is 0 Å². The van der Waals surface area contributed by atoms with Gasteiger partial charge in [0.25, 0.3) is 0 Å². The summed E-state index contributed by atoms with van der Waals surface area (Å²) in [4.78, 5) is 2.23. The van der Waals surface area contributed by atoms with Gasteiger partial charge in [0, 0.05) is 0 Å². The van der Waals surface area contributed by atoms with E-state index in [2.05, 4.69) is 23.3 Å². The molecule has 1 rings (SSSR count). The molecule has 0 aliphatic carbocycles. The summed E-state index contributed by atoms with van der Waals surface area (Å²) < 4.78 is 1.53. The fourth-order valence-electron chi connectivity index (χ4n) is 0.380. The molecule has 0 saturated carbocycles. The summed E-state index contributed by atoms with van der Waals surface area (Å²) in [6.45, 7) is 0. The van der Waals surface area contributed by atoms with Crippen LogP contribution in [0.3, 0.4) is 0 Å². The molecule has 7 heavy (non-hydrogen) atoms. The molecule has 1 aromatic rings. The third-order valence-corrected chi connectivity index (χ3v) is 4.17. The molecule has 2 heteroatoms. The van der Waals surface area contributed by atoms with Crippen LogP contribution in [0.25, 0.3) is 0 Å². The Bertz CT molecular complexity index is 123. The van der Waals surface area contributed by atoms with Crippen LogP contribution in [0.5, 0.6) is 0 Å². The fraction of sp³-hybridized carbons (Fsp3) is 0.200. The van der Waals surface area contributed by atoms with Crippen LogP contribution in [0.4, 0.5) is 0 Å². The van der Waals surface area contributed by atoms with E-state index >= 15 is 0 Å². The zero-order chi connectivity index (χ0) is 5.11. The van der Waals surface area contributed by atoms with Crippen LogP contribution in [-0.2, 0) is 0 Å². The average Bonchev–Trinajstić information content (AvgIpc) is 2.14. The van der Waals surface area contributed by atoms with Gasteiger partial charge in [0.15, 0.2) is 0 Å². The van der Waals surface area contributed by atoms with Gasteiger partial charge in [-0.15, -0.1) is 0 Å². The Morgan fingerprint density at radius 1 is 1.71 bits per heavy atom. The Labute approximate surface area is 53.7 Å². The minimum absolute atomic E-state index is 0.680. The number of rotatable bonds is 1. The van der Waals surface area contributed by atoms with Crippen LogP contribution >= 0.6 is 11.8 Å². The molecule has 0 fully saturated rings. The molecule has 0 spiro atoms. The van der Waals surface area contributed by atoms with Gasteiger partial charge >= 0.3 is 53.4 Å². The van der Waals surface area contributed by atoms with E-state index < -0.39 is 0 Å². The van der Waals surface area contributed by atoms with Crippen molar-refractivity contribution < 1.29 is 0 Å². The molecule has 0 radical (unpaired) electrons. The topological polar surface area (TPSA) is 0 Å². The van der Waals surface area contributed by atoms with Gasteiger partial charge in [-0.1, -0.05) is 0 Å². The van der Waals surface area contributed by atoms with E-state index in [0.29, 0.717) is 14.5 Å². The SMILES string of the molecule is CSc1ccc[se]1. The van der Waals surface area contributed by atoms with Gasteiger partial charge < -0.3 is 0 Å². The Morgan fingerprint density at radius 3 is 2.86 bits per heavy atom. The van der Waals surface area contributed by atoms with Gasteiger partial charge in [-0.05, 0) is 0 Å². The minimum atomic E-state index is 0.680. The number of hydrogen-bond acceptors (Lipinski definition) is 1. The first-order chi connectivity index (χ1) is 3.43. The summed E-state index contributed by atoms with van der Waals surface area (Å²) >= 11 is 2.54. The van der Waals surface area contributed by atoms with Crippen molar-refractivity contribution >= 4 is 26.3 Å². The van der Waals surface area contributed by atoms with Gasteiger partial charge in [-0.3, -0.25) is 0 Å². The summed E-state index contributed by atoms with van der Waals surface area (Å²) in [7, 11) is 0. The summed E-state index contributed by atoms with van der Waals surface area (Å²) in [5.41, 5.74) is 0. The molecule has 0 aliphatic heterocycles. The van der Waals surface area contributed by atoms with E-state index in [1.54, 1.807) is 0 Å². The molecule has 1 heterocycles. The van der Waals surface area contributed by atoms with Crippen LogP contribution in [0.2, 0.25) is 0 Å². The van der Waals surface area contributed by atoms with Crippen LogP contribution in [0.15, 0.2) is 20.8 Å². The van der Waals surface area contributed by atoms with Crippen LogP contribution in [0, 0.1) is 0 Å². The van der Waals surface area contributed by atoms with E-state index in [-0.39, 0.29) is 0 Å². The molecule has 0 amide bonds. The summed E-state index contributed by atoms with van der Waals surface area (Å²) in [6, 6.07) is 4.32. The normalized spacial score (nSPS) is 9.29. The second-order valence-electron chi connectivity index (χ2n) is 1.14. The zero-order valence-electron chi connectivity index (χ0n) is 4.05. The maximum atomic E-state index is 2.23. The van der Waals surface area contributed by atoms with E-state index in [4.69, 9.17) is 0 Å². The first-order valence-electron chi connectivity index (χ1n) is 2.01. The van der Waals surface area contributed by atoms with Crippen molar-refractivity contribution in [3.63, 3.8) is 0 Å². The Morgan fingerprint density at radius 2 is 2.57 bits per heavy atom. The molecule has 0 aromatic carbocycles. The predicted octanol–water partition coefficient (Wildman–Crippen LogP) is 1.47. The Balaban J connectivity index is 2.76. The van der Waals surface area contributed by atoms with Crippen LogP contribution < -0.4 is 0 Å². The van der Waals surface area contributed by atoms with E-state index in [1.165, 1.54) is 3.77 Å². The fourth-order valence-corrected chi connectivity index (χ4v) is 2.53. The molecule has 0 nitrogen and oxygen atoms in total. The molecule has 0 N–H and O–H groups in total. The summed E-state index contributed by atoms with van der Waals surface area (Å²) in [5.74, 6) is 0. The molecule has 0 aliphatic rings.